The van der Waals surface area contributed by atoms with E-state index in [-0.39, 0.29) is 6.42 Å². The van der Waals surface area contributed by atoms with E-state index in [1.165, 1.54) is 0 Å². The number of aryl methyl sites for hydroxylation is 2. The number of carboxylic acid groups (broad SMARTS) is 1. The van der Waals surface area contributed by atoms with Crippen LogP contribution in [0.2, 0.25) is 0 Å². The number of hydrogen-bond donors (Lipinski definition) is 1. The number of aromatic nitrogens is 3. The molecular formula is C19H17N3O2. The molecule has 0 aliphatic carbocycles. The largest absolute Gasteiger partial charge is 0.481 e. The van der Waals surface area contributed by atoms with Crippen molar-refractivity contribution >= 4 is 22.8 Å². The molecule has 2 aromatic carbocycles. The SMILES string of the molecule is Cn1c2ccccc2n2c(CCC(=O)O)c(-c3ccccc3)nc12. The van der Waals surface area contributed by atoms with Gasteiger partial charge in [-0.3, -0.25) is 9.20 Å². The maximum Gasteiger partial charge on any atom is 0.303 e. The van der Waals surface area contributed by atoms with Crippen molar-refractivity contribution in [2.24, 2.45) is 7.05 Å². The Hall–Kier alpha value is -3.08. The maximum atomic E-state index is 11.1. The van der Waals surface area contributed by atoms with Gasteiger partial charge in [0.25, 0.3) is 0 Å². The first kappa shape index (κ1) is 14.5. The summed E-state index contributed by atoms with van der Waals surface area (Å²) in [4.78, 5) is 15.9. The Labute approximate surface area is 138 Å². The van der Waals surface area contributed by atoms with E-state index in [1.807, 2.05) is 66.2 Å². The topological polar surface area (TPSA) is 59.5 Å². The van der Waals surface area contributed by atoms with E-state index in [9.17, 15) is 4.79 Å². The summed E-state index contributed by atoms with van der Waals surface area (Å²) >= 11 is 0. The van der Waals surface area contributed by atoms with Crippen LogP contribution in [0.5, 0.6) is 0 Å². The molecule has 24 heavy (non-hydrogen) atoms. The lowest BCUT2D eigenvalue weighted by Crippen LogP contribution is -2.01. The number of hydrogen-bond acceptors (Lipinski definition) is 2. The van der Waals surface area contributed by atoms with Crippen LogP contribution in [-0.2, 0) is 18.3 Å². The molecule has 0 amide bonds. The number of imidazole rings is 2. The van der Waals surface area contributed by atoms with Gasteiger partial charge in [-0.1, -0.05) is 42.5 Å². The molecule has 0 saturated carbocycles. The fourth-order valence-electron chi connectivity index (χ4n) is 3.25. The van der Waals surface area contributed by atoms with Crippen LogP contribution in [0, 0.1) is 0 Å². The van der Waals surface area contributed by atoms with Crippen LogP contribution in [0.25, 0.3) is 28.1 Å². The molecule has 0 unspecified atom stereocenters. The molecular weight excluding hydrogens is 302 g/mol. The lowest BCUT2D eigenvalue weighted by molar-refractivity contribution is -0.136. The first-order chi connectivity index (χ1) is 11.7. The molecule has 0 fully saturated rings. The molecule has 0 bridgehead atoms. The second-order valence-corrected chi connectivity index (χ2v) is 5.85. The van der Waals surface area contributed by atoms with Gasteiger partial charge in [0.15, 0.2) is 0 Å². The van der Waals surface area contributed by atoms with Gasteiger partial charge >= 0.3 is 5.97 Å². The zero-order chi connectivity index (χ0) is 16.7. The highest BCUT2D eigenvalue weighted by atomic mass is 16.4. The molecule has 5 nitrogen and oxygen atoms in total. The minimum atomic E-state index is -0.802. The van der Waals surface area contributed by atoms with Gasteiger partial charge in [0.2, 0.25) is 5.78 Å². The molecule has 1 N–H and O–H groups in total. The van der Waals surface area contributed by atoms with Crippen molar-refractivity contribution in [1.29, 1.82) is 0 Å². The van der Waals surface area contributed by atoms with Crippen molar-refractivity contribution in [1.82, 2.24) is 14.0 Å². The highest BCUT2D eigenvalue weighted by Crippen LogP contribution is 2.30. The van der Waals surface area contributed by atoms with Crippen molar-refractivity contribution in [2.75, 3.05) is 0 Å². The second-order valence-electron chi connectivity index (χ2n) is 5.85. The summed E-state index contributed by atoms with van der Waals surface area (Å²) < 4.78 is 4.13. The highest BCUT2D eigenvalue weighted by Gasteiger charge is 2.20. The Balaban J connectivity index is 2.03. The maximum absolute atomic E-state index is 11.1. The molecule has 0 aliphatic rings. The Morgan fingerprint density at radius 3 is 2.42 bits per heavy atom. The molecule has 4 aromatic rings. The third-order valence-electron chi connectivity index (χ3n) is 4.36. The third-order valence-corrected chi connectivity index (χ3v) is 4.36. The van der Waals surface area contributed by atoms with Gasteiger partial charge in [0.1, 0.15) is 0 Å². The van der Waals surface area contributed by atoms with Crippen LogP contribution in [0.4, 0.5) is 0 Å². The highest BCUT2D eigenvalue weighted by molar-refractivity contribution is 5.83. The molecule has 2 aromatic heterocycles. The molecule has 120 valence electrons. The molecule has 4 rings (SSSR count). The summed E-state index contributed by atoms with van der Waals surface area (Å²) in [6.07, 6.45) is 0.519. The zero-order valence-electron chi connectivity index (χ0n) is 13.3. The Morgan fingerprint density at radius 2 is 1.71 bits per heavy atom. The fraction of sp³-hybridized carbons (Fsp3) is 0.158. The van der Waals surface area contributed by atoms with E-state index in [0.717, 1.165) is 33.8 Å². The van der Waals surface area contributed by atoms with Crippen molar-refractivity contribution in [3.63, 3.8) is 0 Å². The molecule has 5 heteroatoms. The standard InChI is InChI=1S/C19H17N3O2/c1-21-14-9-5-6-10-15(14)22-16(11-12-17(23)24)18(20-19(21)22)13-7-3-2-4-8-13/h2-10H,11-12H2,1H3,(H,23,24). The number of aliphatic carboxylic acids is 1. The first-order valence-corrected chi connectivity index (χ1v) is 7.89. The average molecular weight is 319 g/mol. The summed E-state index contributed by atoms with van der Waals surface area (Å²) in [5.41, 5.74) is 4.93. The second kappa shape index (κ2) is 5.53. The average Bonchev–Trinajstić information content (AvgIpc) is 3.11. The summed E-state index contributed by atoms with van der Waals surface area (Å²) in [6, 6.07) is 18.0. The van der Waals surface area contributed by atoms with Gasteiger partial charge < -0.3 is 9.67 Å². The number of carboxylic acids is 1. The van der Waals surface area contributed by atoms with Crippen molar-refractivity contribution in [2.45, 2.75) is 12.8 Å². The summed E-state index contributed by atoms with van der Waals surface area (Å²) in [5.74, 6) is 0.0274. The molecule has 0 spiro atoms. The molecule has 0 radical (unpaired) electrons. The van der Waals surface area contributed by atoms with Crippen LogP contribution < -0.4 is 0 Å². The number of rotatable bonds is 4. The van der Waals surface area contributed by atoms with E-state index < -0.39 is 5.97 Å². The van der Waals surface area contributed by atoms with Crippen LogP contribution in [-0.4, -0.2) is 25.0 Å². The van der Waals surface area contributed by atoms with Gasteiger partial charge in [-0.05, 0) is 12.1 Å². The molecule has 2 heterocycles. The number of benzene rings is 2. The third kappa shape index (κ3) is 2.17. The van der Waals surface area contributed by atoms with Crippen LogP contribution in [0.1, 0.15) is 12.1 Å². The summed E-state index contributed by atoms with van der Waals surface area (Å²) in [6.45, 7) is 0. The van der Waals surface area contributed by atoms with Gasteiger partial charge in [-0.25, -0.2) is 4.98 Å². The monoisotopic (exact) mass is 319 g/mol. The minimum absolute atomic E-state index is 0.0802. The Kier molecular flexibility index (Phi) is 3.34. The van der Waals surface area contributed by atoms with Crippen molar-refractivity contribution in [3.8, 4) is 11.3 Å². The van der Waals surface area contributed by atoms with Crippen molar-refractivity contribution in [3.05, 3.63) is 60.3 Å². The van der Waals surface area contributed by atoms with E-state index >= 15 is 0 Å². The van der Waals surface area contributed by atoms with Gasteiger partial charge in [-0.2, -0.15) is 0 Å². The Morgan fingerprint density at radius 1 is 1.04 bits per heavy atom. The van der Waals surface area contributed by atoms with Crippen LogP contribution in [0.15, 0.2) is 54.6 Å². The van der Waals surface area contributed by atoms with Gasteiger partial charge in [0.05, 0.1) is 28.8 Å². The fourth-order valence-corrected chi connectivity index (χ4v) is 3.25. The van der Waals surface area contributed by atoms with E-state index in [2.05, 4.69) is 4.40 Å². The molecule has 0 saturated heterocycles. The normalized spacial score (nSPS) is 11.4. The van der Waals surface area contributed by atoms with Gasteiger partial charge in [0, 0.05) is 19.0 Å². The lowest BCUT2D eigenvalue weighted by Gasteiger charge is -2.04. The van der Waals surface area contributed by atoms with E-state index in [0.29, 0.717) is 6.42 Å². The first-order valence-electron chi connectivity index (χ1n) is 7.89. The van der Waals surface area contributed by atoms with Crippen LogP contribution >= 0.6 is 0 Å². The number of para-hydroxylation sites is 2. The summed E-state index contributed by atoms with van der Waals surface area (Å²) in [7, 11) is 1.99. The van der Waals surface area contributed by atoms with E-state index in [1.54, 1.807) is 0 Å². The number of nitrogens with zero attached hydrogens (tertiary/aromatic N) is 3. The quantitative estimate of drug-likeness (QED) is 0.626. The molecule has 0 atom stereocenters. The van der Waals surface area contributed by atoms with Gasteiger partial charge in [-0.15, -0.1) is 0 Å². The predicted octanol–water partition coefficient (Wildman–Crippen LogP) is 3.51. The summed E-state index contributed by atoms with van der Waals surface area (Å²) in [5, 5.41) is 9.13. The van der Waals surface area contributed by atoms with E-state index in [4.69, 9.17) is 10.1 Å². The number of fused-ring (bicyclic) bond motifs is 3. The Bertz CT molecular complexity index is 1040. The smallest absolute Gasteiger partial charge is 0.303 e. The van der Waals surface area contributed by atoms with Crippen molar-refractivity contribution < 1.29 is 9.90 Å². The molecule has 0 aliphatic heterocycles. The minimum Gasteiger partial charge on any atom is -0.481 e. The predicted molar refractivity (Wildman–Crippen MR) is 93.1 cm³/mol. The zero-order valence-corrected chi connectivity index (χ0v) is 13.3. The number of carbonyl (C=O) groups is 1. The lowest BCUT2D eigenvalue weighted by atomic mass is 10.1. The van der Waals surface area contributed by atoms with Crippen LogP contribution in [0.3, 0.4) is 0 Å².